The van der Waals surface area contributed by atoms with Crippen LogP contribution in [-0.2, 0) is 11.3 Å². The van der Waals surface area contributed by atoms with Crippen molar-refractivity contribution in [1.29, 1.82) is 0 Å². The molecule has 0 radical (unpaired) electrons. The molecule has 8 heteroatoms. The number of nitrogens with zero attached hydrogens (tertiary/aromatic N) is 2. The zero-order valence-electron chi connectivity index (χ0n) is 17.1. The Labute approximate surface area is 185 Å². The fourth-order valence-corrected chi connectivity index (χ4v) is 4.33. The van der Waals surface area contributed by atoms with E-state index in [0.29, 0.717) is 42.1 Å². The minimum Gasteiger partial charge on any atom is -0.338 e. The molecule has 0 aromatic heterocycles. The molecular weight excluding hydrogens is 418 g/mol. The second-order valence-corrected chi connectivity index (χ2v) is 8.40. The molecule has 2 aliphatic rings. The molecule has 1 N–H and O–H groups in total. The summed E-state index contributed by atoms with van der Waals surface area (Å²) >= 11 is 6.01. The summed E-state index contributed by atoms with van der Waals surface area (Å²) in [7, 11) is 0. The molecule has 2 fully saturated rings. The average molecular weight is 440 g/mol. The monoisotopic (exact) mass is 439 g/mol. The predicted octanol–water partition coefficient (Wildman–Crippen LogP) is 3.27. The standard InChI is InChI=1S/C23H22ClN3O4/c1-15(28)17-5-3-6-18(13-17)20(29)26-10-8-23(9-11-26)21(30)27(22(31)25-23)14-16-4-2-7-19(24)12-16/h2-7,12-13H,8-11,14H2,1H3,(H,25,31). The maximum Gasteiger partial charge on any atom is 0.325 e. The number of imide groups is 1. The van der Waals surface area contributed by atoms with E-state index in [9.17, 15) is 19.2 Å². The van der Waals surface area contributed by atoms with E-state index in [1.54, 1.807) is 47.4 Å². The maximum absolute atomic E-state index is 13.1. The molecule has 0 bridgehead atoms. The van der Waals surface area contributed by atoms with Crippen molar-refractivity contribution in [2.24, 2.45) is 0 Å². The van der Waals surface area contributed by atoms with Crippen LogP contribution in [0.2, 0.25) is 5.02 Å². The van der Waals surface area contributed by atoms with Crippen molar-refractivity contribution in [3.63, 3.8) is 0 Å². The first kappa shape index (κ1) is 21.1. The Morgan fingerprint density at radius 3 is 2.39 bits per heavy atom. The van der Waals surface area contributed by atoms with E-state index in [4.69, 9.17) is 11.6 Å². The Morgan fingerprint density at radius 2 is 1.71 bits per heavy atom. The molecule has 0 atom stereocenters. The molecular formula is C23H22ClN3O4. The largest absolute Gasteiger partial charge is 0.338 e. The van der Waals surface area contributed by atoms with Gasteiger partial charge in [0.25, 0.3) is 11.8 Å². The number of hydrogen-bond donors (Lipinski definition) is 1. The molecule has 0 saturated carbocycles. The van der Waals surface area contributed by atoms with Gasteiger partial charge in [-0.3, -0.25) is 19.3 Å². The third-order valence-corrected chi connectivity index (χ3v) is 6.13. The quantitative estimate of drug-likeness (QED) is 0.585. The van der Waals surface area contributed by atoms with E-state index in [1.165, 1.54) is 11.8 Å². The highest BCUT2D eigenvalue weighted by Crippen LogP contribution is 2.31. The van der Waals surface area contributed by atoms with E-state index in [1.807, 2.05) is 6.07 Å². The molecule has 7 nitrogen and oxygen atoms in total. The Kier molecular flexibility index (Phi) is 5.54. The number of piperidine rings is 1. The van der Waals surface area contributed by atoms with Crippen LogP contribution in [0.25, 0.3) is 0 Å². The summed E-state index contributed by atoms with van der Waals surface area (Å²) in [5, 5.41) is 3.39. The molecule has 4 amide bonds. The fraction of sp³-hybridized carbons (Fsp3) is 0.304. The van der Waals surface area contributed by atoms with Gasteiger partial charge in [-0.1, -0.05) is 35.9 Å². The van der Waals surface area contributed by atoms with Crippen LogP contribution in [0.4, 0.5) is 4.79 Å². The molecule has 31 heavy (non-hydrogen) atoms. The van der Waals surface area contributed by atoms with Crippen molar-refractivity contribution < 1.29 is 19.2 Å². The van der Waals surface area contributed by atoms with Gasteiger partial charge in [-0.15, -0.1) is 0 Å². The average Bonchev–Trinajstić information content (AvgIpc) is 2.98. The Balaban J connectivity index is 1.44. The van der Waals surface area contributed by atoms with Crippen molar-refractivity contribution >= 4 is 35.2 Å². The zero-order chi connectivity index (χ0) is 22.2. The van der Waals surface area contributed by atoms with Crippen LogP contribution < -0.4 is 5.32 Å². The highest BCUT2D eigenvalue weighted by molar-refractivity contribution is 6.30. The number of nitrogens with one attached hydrogen (secondary N) is 1. The van der Waals surface area contributed by atoms with Crippen LogP contribution in [0, 0.1) is 0 Å². The minimum absolute atomic E-state index is 0.105. The van der Waals surface area contributed by atoms with Gasteiger partial charge in [0.15, 0.2) is 5.78 Å². The number of carbonyl (C=O) groups is 4. The lowest BCUT2D eigenvalue weighted by molar-refractivity contribution is -0.133. The summed E-state index contributed by atoms with van der Waals surface area (Å²) in [6.45, 7) is 2.27. The lowest BCUT2D eigenvalue weighted by Gasteiger charge is -2.37. The van der Waals surface area contributed by atoms with Crippen molar-refractivity contribution in [3.8, 4) is 0 Å². The maximum atomic E-state index is 13.1. The minimum atomic E-state index is -0.992. The van der Waals surface area contributed by atoms with Crippen LogP contribution in [-0.4, -0.2) is 52.1 Å². The normalized spacial score (nSPS) is 17.7. The molecule has 2 aromatic rings. The number of benzene rings is 2. The Bertz CT molecular complexity index is 1080. The molecule has 0 unspecified atom stereocenters. The number of hydrogen-bond acceptors (Lipinski definition) is 4. The van der Waals surface area contributed by atoms with Gasteiger partial charge in [0.05, 0.1) is 6.54 Å². The van der Waals surface area contributed by atoms with Crippen molar-refractivity contribution in [3.05, 3.63) is 70.2 Å². The van der Waals surface area contributed by atoms with Crippen molar-refractivity contribution in [1.82, 2.24) is 15.1 Å². The number of rotatable bonds is 4. The second-order valence-electron chi connectivity index (χ2n) is 7.96. The van der Waals surface area contributed by atoms with E-state index in [-0.39, 0.29) is 24.1 Å². The number of Topliss-reactive ketones (excluding diaryl/α,β-unsaturated/α-hetero) is 1. The molecule has 0 aliphatic carbocycles. The smallest absolute Gasteiger partial charge is 0.325 e. The first-order chi connectivity index (χ1) is 14.8. The molecule has 2 saturated heterocycles. The van der Waals surface area contributed by atoms with Gasteiger partial charge in [-0.25, -0.2) is 4.79 Å². The predicted molar refractivity (Wildman–Crippen MR) is 115 cm³/mol. The number of likely N-dealkylation sites (tertiary alicyclic amines) is 1. The number of urea groups is 1. The summed E-state index contributed by atoms with van der Waals surface area (Å²) in [6, 6.07) is 13.2. The van der Waals surface area contributed by atoms with Crippen molar-refractivity contribution in [2.75, 3.05) is 13.1 Å². The first-order valence-corrected chi connectivity index (χ1v) is 10.5. The van der Waals surface area contributed by atoms with Gasteiger partial charge in [0, 0.05) is 29.2 Å². The van der Waals surface area contributed by atoms with Crippen LogP contribution >= 0.6 is 11.6 Å². The van der Waals surface area contributed by atoms with E-state index in [0.717, 1.165) is 5.56 Å². The lowest BCUT2D eigenvalue weighted by Crippen LogP contribution is -2.55. The highest BCUT2D eigenvalue weighted by atomic mass is 35.5. The van der Waals surface area contributed by atoms with Crippen LogP contribution in [0.15, 0.2) is 48.5 Å². The van der Waals surface area contributed by atoms with Gasteiger partial charge in [-0.2, -0.15) is 0 Å². The second kappa shape index (κ2) is 8.15. The highest BCUT2D eigenvalue weighted by Gasteiger charge is 2.52. The fourth-order valence-electron chi connectivity index (χ4n) is 4.12. The van der Waals surface area contributed by atoms with Crippen molar-refractivity contribution in [2.45, 2.75) is 31.8 Å². The summed E-state index contributed by atoms with van der Waals surface area (Å²) < 4.78 is 0. The van der Waals surface area contributed by atoms with Gasteiger partial charge in [-0.05, 0) is 49.6 Å². The van der Waals surface area contributed by atoms with Crippen LogP contribution in [0.5, 0.6) is 0 Å². The number of ketones is 1. The summed E-state index contributed by atoms with van der Waals surface area (Å²) in [6.07, 6.45) is 0.670. The lowest BCUT2D eigenvalue weighted by atomic mass is 9.87. The molecule has 1 spiro atoms. The van der Waals surface area contributed by atoms with E-state index >= 15 is 0 Å². The molecule has 4 rings (SSSR count). The van der Waals surface area contributed by atoms with E-state index < -0.39 is 11.6 Å². The van der Waals surface area contributed by atoms with Crippen LogP contribution in [0.3, 0.4) is 0 Å². The topological polar surface area (TPSA) is 86.8 Å². The summed E-state index contributed by atoms with van der Waals surface area (Å²) in [5.74, 6) is -0.569. The first-order valence-electron chi connectivity index (χ1n) is 10.1. The molecule has 160 valence electrons. The van der Waals surface area contributed by atoms with E-state index in [2.05, 4.69) is 5.32 Å². The Morgan fingerprint density at radius 1 is 1.03 bits per heavy atom. The third kappa shape index (κ3) is 4.05. The number of amides is 4. The van der Waals surface area contributed by atoms with Gasteiger partial charge in [0.1, 0.15) is 5.54 Å². The molecule has 2 aliphatic heterocycles. The number of halogens is 1. The van der Waals surface area contributed by atoms with Gasteiger partial charge in [0.2, 0.25) is 0 Å². The molecule has 2 heterocycles. The van der Waals surface area contributed by atoms with Gasteiger partial charge < -0.3 is 10.2 Å². The summed E-state index contributed by atoms with van der Waals surface area (Å²) in [5.41, 5.74) is 0.696. The molecule has 2 aromatic carbocycles. The van der Waals surface area contributed by atoms with Gasteiger partial charge >= 0.3 is 6.03 Å². The summed E-state index contributed by atoms with van der Waals surface area (Å²) in [4.78, 5) is 53.0. The Hall–Kier alpha value is -3.19. The van der Waals surface area contributed by atoms with Crippen LogP contribution in [0.1, 0.15) is 46.0 Å². The zero-order valence-corrected chi connectivity index (χ0v) is 17.8. The number of carbonyl (C=O) groups excluding carboxylic acids is 4. The third-order valence-electron chi connectivity index (χ3n) is 5.90. The SMILES string of the molecule is CC(=O)c1cccc(C(=O)N2CCC3(CC2)NC(=O)N(Cc2cccc(Cl)c2)C3=O)c1.